The van der Waals surface area contributed by atoms with E-state index in [2.05, 4.69) is 15.5 Å². The predicted octanol–water partition coefficient (Wildman–Crippen LogP) is 4.52. The largest absolute Gasteiger partial charge is 0.368 e. The van der Waals surface area contributed by atoms with Gasteiger partial charge in [0.2, 0.25) is 0 Å². The summed E-state index contributed by atoms with van der Waals surface area (Å²) in [6.07, 6.45) is 0. The van der Waals surface area contributed by atoms with Gasteiger partial charge in [0.1, 0.15) is 11.5 Å². The zero-order chi connectivity index (χ0) is 14.8. The van der Waals surface area contributed by atoms with Gasteiger partial charge in [-0.15, -0.1) is 10.2 Å². The highest BCUT2D eigenvalue weighted by Gasteiger charge is 2.11. The van der Waals surface area contributed by atoms with Crippen LogP contribution in [0.1, 0.15) is 6.92 Å². The van der Waals surface area contributed by atoms with Crippen LogP contribution >= 0.6 is 11.6 Å². The van der Waals surface area contributed by atoms with E-state index in [1.54, 1.807) is 12.1 Å². The molecule has 3 aromatic rings. The van der Waals surface area contributed by atoms with Crippen LogP contribution in [0, 0.1) is 5.82 Å². The Bertz CT molecular complexity index is 805. The standard InChI is InChI=1S/C16H13ClFN3/c1-2-19-16-12-6-4-3-5-11(12)15(20-21-16)10-7-8-14(18)13(17)9-10/h3-9H,2H2,1H3,(H,19,21). The van der Waals surface area contributed by atoms with E-state index in [9.17, 15) is 4.39 Å². The average Bonchev–Trinajstić information content (AvgIpc) is 2.51. The third-order valence-electron chi connectivity index (χ3n) is 3.22. The summed E-state index contributed by atoms with van der Waals surface area (Å²) in [6, 6.07) is 12.4. The lowest BCUT2D eigenvalue weighted by Crippen LogP contribution is -2.02. The molecule has 5 heteroatoms. The van der Waals surface area contributed by atoms with Crippen LogP contribution < -0.4 is 5.32 Å². The fraction of sp³-hybridized carbons (Fsp3) is 0.125. The molecule has 0 aliphatic heterocycles. The molecule has 0 unspecified atom stereocenters. The van der Waals surface area contributed by atoms with Gasteiger partial charge in [0.25, 0.3) is 0 Å². The van der Waals surface area contributed by atoms with Gasteiger partial charge in [0.05, 0.1) is 5.02 Å². The molecule has 0 aliphatic rings. The number of fused-ring (bicyclic) bond motifs is 1. The van der Waals surface area contributed by atoms with E-state index in [0.29, 0.717) is 5.69 Å². The number of nitrogens with one attached hydrogen (secondary N) is 1. The minimum absolute atomic E-state index is 0.0779. The molecule has 3 nitrogen and oxygen atoms in total. The van der Waals surface area contributed by atoms with Crippen molar-refractivity contribution >= 4 is 28.2 Å². The summed E-state index contributed by atoms with van der Waals surface area (Å²) in [7, 11) is 0. The van der Waals surface area contributed by atoms with E-state index in [-0.39, 0.29) is 5.02 Å². The summed E-state index contributed by atoms with van der Waals surface area (Å²) < 4.78 is 13.3. The van der Waals surface area contributed by atoms with E-state index in [4.69, 9.17) is 11.6 Å². The van der Waals surface area contributed by atoms with Gasteiger partial charge < -0.3 is 5.32 Å². The van der Waals surface area contributed by atoms with Crippen molar-refractivity contribution < 1.29 is 4.39 Å². The van der Waals surface area contributed by atoms with Gasteiger partial charge in [-0.2, -0.15) is 0 Å². The van der Waals surface area contributed by atoms with Gasteiger partial charge in [-0.05, 0) is 25.1 Å². The Kier molecular flexibility index (Phi) is 3.71. The summed E-state index contributed by atoms with van der Waals surface area (Å²) in [4.78, 5) is 0. The Morgan fingerprint density at radius 3 is 2.57 bits per heavy atom. The molecule has 3 rings (SSSR count). The molecule has 1 aromatic heterocycles. The zero-order valence-corrected chi connectivity index (χ0v) is 12.2. The van der Waals surface area contributed by atoms with Crippen LogP contribution in [-0.2, 0) is 0 Å². The van der Waals surface area contributed by atoms with Crippen molar-refractivity contribution in [3.63, 3.8) is 0 Å². The van der Waals surface area contributed by atoms with Crippen LogP contribution in [0.4, 0.5) is 10.2 Å². The van der Waals surface area contributed by atoms with Crippen LogP contribution in [0.15, 0.2) is 42.5 Å². The molecule has 2 aromatic carbocycles. The molecule has 1 N–H and O–H groups in total. The molecule has 0 saturated heterocycles. The first-order valence-corrected chi connectivity index (χ1v) is 7.03. The number of hydrogen-bond donors (Lipinski definition) is 1. The first-order chi connectivity index (χ1) is 10.2. The lowest BCUT2D eigenvalue weighted by Gasteiger charge is -2.10. The van der Waals surface area contributed by atoms with Gasteiger partial charge in [0, 0.05) is 22.9 Å². The third-order valence-corrected chi connectivity index (χ3v) is 3.51. The molecule has 0 aliphatic carbocycles. The van der Waals surface area contributed by atoms with Crippen molar-refractivity contribution in [2.45, 2.75) is 6.92 Å². The maximum atomic E-state index is 13.3. The quantitative estimate of drug-likeness (QED) is 0.773. The average molecular weight is 302 g/mol. The minimum Gasteiger partial charge on any atom is -0.368 e. The molecule has 0 atom stereocenters. The summed E-state index contributed by atoms with van der Waals surface area (Å²) in [6.45, 7) is 2.77. The molecular weight excluding hydrogens is 289 g/mol. The van der Waals surface area contributed by atoms with Crippen molar-refractivity contribution in [2.24, 2.45) is 0 Å². The van der Waals surface area contributed by atoms with Gasteiger partial charge in [-0.25, -0.2) is 4.39 Å². The van der Waals surface area contributed by atoms with Crippen LogP contribution in [-0.4, -0.2) is 16.7 Å². The van der Waals surface area contributed by atoms with Crippen molar-refractivity contribution in [3.05, 3.63) is 53.3 Å². The van der Waals surface area contributed by atoms with E-state index in [1.165, 1.54) is 6.07 Å². The smallest absolute Gasteiger partial charge is 0.156 e. The Morgan fingerprint density at radius 2 is 1.86 bits per heavy atom. The molecule has 0 spiro atoms. The van der Waals surface area contributed by atoms with Crippen molar-refractivity contribution in [2.75, 3.05) is 11.9 Å². The number of rotatable bonds is 3. The zero-order valence-electron chi connectivity index (χ0n) is 11.4. The first kappa shape index (κ1) is 13.8. The van der Waals surface area contributed by atoms with Crippen molar-refractivity contribution in [3.8, 4) is 11.3 Å². The Labute approximate surface area is 126 Å². The normalized spacial score (nSPS) is 10.8. The van der Waals surface area contributed by atoms with Gasteiger partial charge in [0.15, 0.2) is 5.82 Å². The molecule has 106 valence electrons. The fourth-order valence-corrected chi connectivity index (χ4v) is 2.44. The van der Waals surface area contributed by atoms with Crippen LogP contribution in [0.25, 0.3) is 22.0 Å². The summed E-state index contributed by atoms with van der Waals surface area (Å²) in [5, 5.41) is 13.7. The molecule has 0 saturated carbocycles. The lowest BCUT2D eigenvalue weighted by atomic mass is 10.0. The molecular formula is C16H13ClFN3. The SMILES string of the molecule is CCNc1nnc(-c2ccc(F)c(Cl)c2)c2ccccc12. The van der Waals surface area contributed by atoms with E-state index in [1.807, 2.05) is 31.2 Å². The third kappa shape index (κ3) is 2.54. The summed E-state index contributed by atoms with van der Waals surface area (Å²) in [5.74, 6) is 0.298. The Balaban J connectivity index is 2.23. The summed E-state index contributed by atoms with van der Waals surface area (Å²) in [5.41, 5.74) is 1.43. The molecule has 0 amide bonds. The monoisotopic (exact) mass is 301 g/mol. The highest BCUT2D eigenvalue weighted by atomic mass is 35.5. The van der Waals surface area contributed by atoms with E-state index < -0.39 is 5.82 Å². The number of benzene rings is 2. The lowest BCUT2D eigenvalue weighted by molar-refractivity contribution is 0.628. The van der Waals surface area contributed by atoms with E-state index in [0.717, 1.165) is 28.7 Å². The Morgan fingerprint density at radius 1 is 1.10 bits per heavy atom. The molecule has 21 heavy (non-hydrogen) atoms. The second-order valence-corrected chi connectivity index (χ2v) is 5.01. The molecule has 0 fully saturated rings. The first-order valence-electron chi connectivity index (χ1n) is 6.65. The number of aromatic nitrogens is 2. The number of halogens is 2. The Hall–Kier alpha value is -2.20. The second kappa shape index (κ2) is 5.66. The van der Waals surface area contributed by atoms with Crippen LogP contribution in [0.5, 0.6) is 0 Å². The number of nitrogens with zero attached hydrogens (tertiary/aromatic N) is 2. The molecule has 0 bridgehead atoms. The minimum atomic E-state index is -0.443. The van der Waals surface area contributed by atoms with Gasteiger partial charge in [-0.1, -0.05) is 35.9 Å². The van der Waals surface area contributed by atoms with Crippen LogP contribution in [0.3, 0.4) is 0 Å². The maximum Gasteiger partial charge on any atom is 0.156 e. The topological polar surface area (TPSA) is 37.8 Å². The second-order valence-electron chi connectivity index (χ2n) is 4.60. The van der Waals surface area contributed by atoms with Crippen LogP contribution in [0.2, 0.25) is 5.02 Å². The fourth-order valence-electron chi connectivity index (χ4n) is 2.26. The van der Waals surface area contributed by atoms with Crippen molar-refractivity contribution in [1.82, 2.24) is 10.2 Å². The molecule has 1 heterocycles. The van der Waals surface area contributed by atoms with Gasteiger partial charge in [-0.3, -0.25) is 0 Å². The number of hydrogen-bond acceptors (Lipinski definition) is 3. The van der Waals surface area contributed by atoms with Gasteiger partial charge >= 0.3 is 0 Å². The number of anilines is 1. The van der Waals surface area contributed by atoms with E-state index >= 15 is 0 Å². The molecule has 0 radical (unpaired) electrons. The maximum absolute atomic E-state index is 13.3. The van der Waals surface area contributed by atoms with Crippen molar-refractivity contribution in [1.29, 1.82) is 0 Å². The predicted molar refractivity (Wildman–Crippen MR) is 84.1 cm³/mol. The summed E-state index contributed by atoms with van der Waals surface area (Å²) >= 11 is 5.86. The highest BCUT2D eigenvalue weighted by Crippen LogP contribution is 2.31. The highest BCUT2D eigenvalue weighted by molar-refractivity contribution is 6.31.